The summed E-state index contributed by atoms with van der Waals surface area (Å²) >= 11 is 0. The summed E-state index contributed by atoms with van der Waals surface area (Å²) in [6, 6.07) is 11.8. The van der Waals surface area contributed by atoms with Gasteiger partial charge in [-0.15, -0.1) is 0 Å². The van der Waals surface area contributed by atoms with Gasteiger partial charge in [-0.25, -0.2) is 0 Å². The fourth-order valence-electron chi connectivity index (χ4n) is 0.463. The Labute approximate surface area is 48.2 Å². The van der Waals surface area contributed by atoms with E-state index >= 15 is 0 Å². The molecule has 0 heterocycles. The van der Waals surface area contributed by atoms with Gasteiger partial charge in [-0.3, -0.25) is 0 Å². The molecule has 1 radical (unpaired) electrons. The number of benzene rings is 1. The van der Waals surface area contributed by atoms with Crippen LogP contribution in [0.3, 0.4) is 0 Å². The minimum absolute atomic E-state index is 0.590. The molecular weight excluding hydrogens is 98.1 g/mol. The maximum Gasteiger partial charge on any atom is 0.0998 e. The second-order valence-electron chi connectivity index (χ2n) is 1.39. The molecule has 0 fully saturated rings. The molecule has 0 aliphatic rings. The van der Waals surface area contributed by atoms with E-state index in [0.717, 1.165) is 0 Å². The van der Waals surface area contributed by atoms with Gasteiger partial charge >= 0.3 is 0 Å². The van der Waals surface area contributed by atoms with Crippen LogP contribution in [0.2, 0.25) is 0 Å². The number of rotatable bonds is 0. The summed E-state index contributed by atoms with van der Waals surface area (Å²) in [5, 5.41) is 8.26. The van der Waals surface area contributed by atoms with Crippen molar-refractivity contribution in [2.24, 2.45) is 0 Å². The van der Waals surface area contributed by atoms with Gasteiger partial charge in [-0.05, 0) is 6.07 Å². The van der Waals surface area contributed by atoms with E-state index in [2.05, 4.69) is 6.07 Å². The number of nitriles is 1. The van der Waals surface area contributed by atoms with Crippen molar-refractivity contribution in [2.75, 3.05) is 0 Å². The summed E-state index contributed by atoms with van der Waals surface area (Å²) < 4.78 is 0. The van der Waals surface area contributed by atoms with Crippen LogP contribution in [-0.4, -0.2) is 0 Å². The van der Waals surface area contributed by atoms with E-state index in [0.29, 0.717) is 5.56 Å². The first kappa shape index (κ1) is 4.86. The zero-order chi connectivity index (χ0) is 5.82. The fourth-order valence-corrected chi connectivity index (χ4v) is 0.463. The molecule has 0 aromatic heterocycles. The minimum atomic E-state index is 0.590. The second-order valence-corrected chi connectivity index (χ2v) is 1.39. The zero-order valence-electron chi connectivity index (χ0n) is 4.26. The molecule has 0 aliphatic carbocycles. The highest BCUT2D eigenvalue weighted by atomic mass is 14.2. The summed E-state index contributed by atoms with van der Waals surface area (Å²) in [5.74, 6) is 0. The Morgan fingerprint density at radius 3 is 2.75 bits per heavy atom. The molecule has 1 rings (SSSR count). The normalized spacial score (nSPS) is 7.88. The Morgan fingerprint density at radius 2 is 2.38 bits per heavy atom. The third-order valence-corrected chi connectivity index (χ3v) is 0.830. The van der Waals surface area contributed by atoms with Gasteiger partial charge in [0.15, 0.2) is 0 Å². The molecule has 1 nitrogen and oxygen atoms in total. The zero-order valence-corrected chi connectivity index (χ0v) is 4.26. The molecule has 0 spiro atoms. The van der Waals surface area contributed by atoms with Gasteiger partial charge in [0.2, 0.25) is 0 Å². The average molecular weight is 102 g/mol. The van der Waals surface area contributed by atoms with Gasteiger partial charge < -0.3 is 0 Å². The molecule has 1 aromatic rings. The van der Waals surface area contributed by atoms with Crippen LogP contribution in [0, 0.1) is 17.4 Å². The molecule has 0 atom stereocenters. The Balaban J connectivity index is 3.05. The van der Waals surface area contributed by atoms with Crippen LogP contribution in [0.5, 0.6) is 0 Å². The highest BCUT2D eigenvalue weighted by Crippen LogP contribution is 1.91. The first-order valence-corrected chi connectivity index (χ1v) is 2.30. The Hall–Kier alpha value is -1.29. The molecule has 0 bridgehead atoms. The maximum atomic E-state index is 8.26. The Morgan fingerprint density at radius 1 is 1.50 bits per heavy atom. The predicted octanol–water partition coefficient (Wildman–Crippen LogP) is 1.36. The van der Waals surface area contributed by atoms with Crippen molar-refractivity contribution in [3.8, 4) is 6.07 Å². The van der Waals surface area contributed by atoms with E-state index < -0.39 is 0 Å². The molecule has 8 heavy (non-hydrogen) atoms. The molecule has 0 unspecified atom stereocenters. The molecular formula is C7H4N. The molecule has 0 saturated carbocycles. The van der Waals surface area contributed by atoms with E-state index in [4.69, 9.17) is 5.26 Å². The lowest BCUT2D eigenvalue weighted by molar-refractivity contribution is 1.48. The van der Waals surface area contributed by atoms with Crippen LogP contribution in [0.15, 0.2) is 24.3 Å². The quantitative estimate of drug-likeness (QED) is 0.485. The average Bonchev–Trinajstić information content (AvgIpc) is 1.90. The van der Waals surface area contributed by atoms with Crippen LogP contribution in [0.4, 0.5) is 0 Å². The highest BCUT2D eigenvalue weighted by molar-refractivity contribution is 5.25. The van der Waals surface area contributed by atoms with Crippen LogP contribution in [-0.2, 0) is 0 Å². The van der Waals surface area contributed by atoms with E-state index in [1.54, 1.807) is 12.1 Å². The first-order valence-electron chi connectivity index (χ1n) is 2.30. The fraction of sp³-hybridized carbons (Fsp3) is 0. The smallest absolute Gasteiger partial charge is 0.0998 e. The van der Waals surface area contributed by atoms with E-state index in [-0.39, 0.29) is 0 Å². The summed E-state index contributed by atoms with van der Waals surface area (Å²) in [7, 11) is 0. The monoisotopic (exact) mass is 102 g/mol. The Bertz CT molecular complexity index is 195. The molecule has 1 heteroatoms. The van der Waals surface area contributed by atoms with Crippen LogP contribution in [0.25, 0.3) is 0 Å². The van der Waals surface area contributed by atoms with E-state index in [9.17, 15) is 0 Å². The third kappa shape index (κ3) is 0.855. The maximum absolute atomic E-state index is 8.26. The van der Waals surface area contributed by atoms with Crippen molar-refractivity contribution in [3.05, 3.63) is 35.9 Å². The van der Waals surface area contributed by atoms with Crippen molar-refractivity contribution < 1.29 is 0 Å². The summed E-state index contributed by atoms with van der Waals surface area (Å²) in [6.07, 6.45) is 0. The largest absolute Gasteiger partial charge is 0.192 e. The van der Waals surface area contributed by atoms with E-state index in [1.807, 2.05) is 18.2 Å². The summed E-state index contributed by atoms with van der Waals surface area (Å²) in [5.41, 5.74) is 0.590. The first-order chi connectivity index (χ1) is 3.93. The number of hydrogen-bond acceptors (Lipinski definition) is 1. The van der Waals surface area contributed by atoms with Crippen molar-refractivity contribution >= 4 is 0 Å². The van der Waals surface area contributed by atoms with Crippen molar-refractivity contribution in [3.63, 3.8) is 0 Å². The minimum Gasteiger partial charge on any atom is -0.192 e. The van der Waals surface area contributed by atoms with Crippen molar-refractivity contribution in [1.82, 2.24) is 0 Å². The number of hydrogen-bond donors (Lipinski definition) is 0. The molecule has 37 valence electrons. The van der Waals surface area contributed by atoms with Crippen molar-refractivity contribution in [1.29, 1.82) is 5.26 Å². The molecule has 1 aromatic carbocycles. The Kier molecular flexibility index (Phi) is 1.29. The predicted molar refractivity (Wildman–Crippen MR) is 30.0 cm³/mol. The SMILES string of the molecule is N#Cc1[c]cccc1. The second kappa shape index (κ2) is 2.13. The van der Waals surface area contributed by atoms with Gasteiger partial charge in [0.05, 0.1) is 11.6 Å². The molecule has 0 N–H and O–H groups in total. The lowest BCUT2D eigenvalue weighted by Crippen LogP contribution is -1.67. The lowest BCUT2D eigenvalue weighted by atomic mass is 10.2. The van der Waals surface area contributed by atoms with Gasteiger partial charge in [-0.2, -0.15) is 5.26 Å². The molecule has 0 saturated heterocycles. The topological polar surface area (TPSA) is 23.8 Å². The molecule has 0 amide bonds. The van der Waals surface area contributed by atoms with Crippen LogP contribution < -0.4 is 0 Å². The standard InChI is InChI=1S/C7H4N/c8-6-7-4-2-1-3-5-7/h1-4H. The van der Waals surface area contributed by atoms with Gasteiger partial charge in [0, 0.05) is 6.07 Å². The van der Waals surface area contributed by atoms with Crippen molar-refractivity contribution in [2.45, 2.75) is 0 Å². The summed E-state index contributed by atoms with van der Waals surface area (Å²) in [6.45, 7) is 0. The van der Waals surface area contributed by atoms with Crippen LogP contribution >= 0.6 is 0 Å². The van der Waals surface area contributed by atoms with Gasteiger partial charge in [0.1, 0.15) is 0 Å². The highest BCUT2D eigenvalue weighted by Gasteiger charge is 1.80. The summed E-state index contributed by atoms with van der Waals surface area (Å²) in [4.78, 5) is 0. The lowest BCUT2D eigenvalue weighted by Gasteiger charge is -1.79. The van der Waals surface area contributed by atoms with E-state index in [1.165, 1.54) is 0 Å². The van der Waals surface area contributed by atoms with Gasteiger partial charge in [0.25, 0.3) is 0 Å². The number of nitrogens with zero attached hydrogens (tertiary/aromatic N) is 1. The molecule has 0 aliphatic heterocycles. The van der Waals surface area contributed by atoms with Crippen LogP contribution in [0.1, 0.15) is 5.56 Å². The third-order valence-electron chi connectivity index (χ3n) is 0.830. The van der Waals surface area contributed by atoms with Gasteiger partial charge in [-0.1, -0.05) is 18.2 Å².